The van der Waals surface area contributed by atoms with Gasteiger partial charge in [-0.2, -0.15) is 0 Å². The third-order valence-corrected chi connectivity index (χ3v) is 1.74. The number of hydrogen-bond acceptors (Lipinski definition) is 2. The maximum absolute atomic E-state index is 11.3. The largest absolute Gasteiger partial charge is 0.349 e. The summed E-state index contributed by atoms with van der Waals surface area (Å²) in [6.07, 6.45) is 0.327. The van der Waals surface area contributed by atoms with E-state index in [-0.39, 0.29) is 18.2 Å². The molecule has 1 amide bonds. The fourth-order valence-corrected chi connectivity index (χ4v) is 1.07. The van der Waals surface area contributed by atoms with E-state index in [9.17, 15) is 9.59 Å². The van der Waals surface area contributed by atoms with Crippen LogP contribution in [-0.2, 0) is 16.0 Å². The van der Waals surface area contributed by atoms with E-state index in [1.165, 1.54) is 6.92 Å². The van der Waals surface area contributed by atoms with Crippen molar-refractivity contribution < 1.29 is 9.59 Å². The molecule has 1 aromatic carbocycles. The summed E-state index contributed by atoms with van der Waals surface area (Å²) in [5.74, 6) is -0.155. The molecular formula is C12H18NO2P. The normalized spacial score (nSPS) is 8.69. The Bertz CT molecular complexity index is 325. The molecule has 0 saturated heterocycles. The van der Waals surface area contributed by atoms with Crippen LogP contribution >= 0.6 is 9.24 Å². The molecule has 0 aliphatic carbocycles. The second-order valence-corrected chi connectivity index (χ2v) is 3.14. The van der Waals surface area contributed by atoms with Gasteiger partial charge in [0.2, 0.25) is 5.91 Å². The molecule has 1 rings (SSSR count). The standard InChI is InChI=1S/C11H13NO2.CH5P/c1-9(13)8-12-11(14)7-10-5-3-2-4-6-10;1-2/h2-6H,7-8H2,1H3,(H,12,14);2H2,1H3. The summed E-state index contributed by atoms with van der Waals surface area (Å²) in [5.41, 5.74) is 0.952. The summed E-state index contributed by atoms with van der Waals surface area (Å²) in [5, 5.41) is 2.54. The Morgan fingerprint density at radius 2 is 1.75 bits per heavy atom. The summed E-state index contributed by atoms with van der Waals surface area (Å²) in [6, 6.07) is 9.43. The molecule has 0 radical (unpaired) electrons. The third-order valence-electron chi connectivity index (χ3n) is 1.74. The zero-order chi connectivity index (χ0) is 12.4. The summed E-state index contributed by atoms with van der Waals surface area (Å²) < 4.78 is 0. The lowest BCUT2D eigenvalue weighted by molar-refractivity contribution is -0.124. The highest BCUT2D eigenvalue weighted by Crippen LogP contribution is 1.98. The van der Waals surface area contributed by atoms with Crippen LogP contribution in [0.3, 0.4) is 0 Å². The fraction of sp³-hybridized carbons (Fsp3) is 0.333. The van der Waals surface area contributed by atoms with Crippen LogP contribution in [0.4, 0.5) is 0 Å². The molecule has 0 saturated carbocycles. The number of Topliss-reactive ketones (excluding diaryl/α,β-unsaturated/α-hetero) is 1. The summed E-state index contributed by atoms with van der Waals surface area (Å²) in [7, 11) is 2.42. The second-order valence-electron chi connectivity index (χ2n) is 3.14. The van der Waals surface area contributed by atoms with Gasteiger partial charge in [-0.25, -0.2) is 0 Å². The number of amides is 1. The molecule has 3 nitrogen and oxygen atoms in total. The molecule has 1 atom stereocenters. The van der Waals surface area contributed by atoms with E-state index in [4.69, 9.17) is 0 Å². The zero-order valence-corrected chi connectivity index (χ0v) is 10.8. The number of carbonyl (C=O) groups is 2. The minimum Gasteiger partial charge on any atom is -0.349 e. The summed E-state index contributed by atoms with van der Waals surface area (Å²) in [6.45, 7) is 3.48. The maximum atomic E-state index is 11.3. The average molecular weight is 239 g/mol. The highest BCUT2D eigenvalue weighted by Gasteiger charge is 2.02. The zero-order valence-electron chi connectivity index (χ0n) is 9.69. The Kier molecular flexibility index (Phi) is 8.36. The molecule has 0 spiro atoms. The fourth-order valence-electron chi connectivity index (χ4n) is 1.07. The Hall–Kier alpha value is -1.21. The second kappa shape index (κ2) is 9.05. The van der Waals surface area contributed by atoms with Gasteiger partial charge in [-0.3, -0.25) is 9.59 Å². The minimum absolute atomic E-state index is 0.0357. The average Bonchev–Trinajstić information content (AvgIpc) is 2.30. The molecule has 1 N–H and O–H groups in total. The lowest BCUT2D eigenvalue weighted by Gasteiger charge is -2.02. The monoisotopic (exact) mass is 239 g/mol. The van der Waals surface area contributed by atoms with Crippen molar-refractivity contribution in [1.29, 1.82) is 0 Å². The lowest BCUT2D eigenvalue weighted by atomic mass is 10.1. The van der Waals surface area contributed by atoms with E-state index in [1.807, 2.05) is 37.0 Å². The Labute approximate surface area is 98.8 Å². The van der Waals surface area contributed by atoms with Crippen LogP contribution in [0.2, 0.25) is 0 Å². The predicted octanol–water partition coefficient (Wildman–Crippen LogP) is 1.43. The number of hydrogen-bond donors (Lipinski definition) is 1. The molecule has 1 unspecified atom stereocenters. The number of benzene rings is 1. The van der Waals surface area contributed by atoms with E-state index in [0.29, 0.717) is 6.42 Å². The Morgan fingerprint density at radius 3 is 2.25 bits per heavy atom. The summed E-state index contributed by atoms with van der Waals surface area (Å²) in [4.78, 5) is 21.8. The Morgan fingerprint density at radius 1 is 1.19 bits per heavy atom. The summed E-state index contributed by atoms with van der Waals surface area (Å²) >= 11 is 0. The van der Waals surface area contributed by atoms with Crippen LogP contribution in [0, 0.1) is 0 Å². The van der Waals surface area contributed by atoms with Gasteiger partial charge in [-0.15, -0.1) is 9.24 Å². The highest BCUT2D eigenvalue weighted by molar-refractivity contribution is 7.15. The Balaban J connectivity index is 0.00000106. The van der Waals surface area contributed by atoms with E-state index in [0.717, 1.165) is 5.56 Å². The molecule has 0 aliphatic heterocycles. The van der Waals surface area contributed by atoms with E-state index < -0.39 is 0 Å². The number of rotatable bonds is 4. The van der Waals surface area contributed by atoms with Crippen molar-refractivity contribution in [2.24, 2.45) is 0 Å². The third kappa shape index (κ3) is 7.13. The maximum Gasteiger partial charge on any atom is 0.224 e. The van der Waals surface area contributed by atoms with Gasteiger partial charge in [0.05, 0.1) is 13.0 Å². The first kappa shape index (κ1) is 14.8. The molecular weight excluding hydrogens is 221 g/mol. The molecule has 1 aromatic rings. The molecule has 88 valence electrons. The van der Waals surface area contributed by atoms with Gasteiger partial charge in [-0.1, -0.05) is 37.0 Å². The SMILES string of the molecule is CC(=O)CNC(=O)Cc1ccccc1.CP. The van der Waals surface area contributed by atoms with Crippen LogP contribution < -0.4 is 5.32 Å². The van der Waals surface area contributed by atoms with Gasteiger partial charge in [0.15, 0.2) is 0 Å². The first-order valence-electron chi connectivity index (χ1n) is 5.06. The topological polar surface area (TPSA) is 46.2 Å². The molecule has 4 heteroatoms. The van der Waals surface area contributed by atoms with Crippen molar-refractivity contribution in [2.75, 3.05) is 13.2 Å². The first-order chi connectivity index (χ1) is 7.68. The van der Waals surface area contributed by atoms with Crippen molar-refractivity contribution >= 4 is 20.9 Å². The van der Waals surface area contributed by atoms with E-state index >= 15 is 0 Å². The van der Waals surface area contributed by atoms with Gasteiger partial charge >= 0.3 is 0 Å². The lowest BCUT2D eigenvalue weighted by Crippen LogP contribution is -2.29. The van der Waals surface area contributed by atoms with Crippen LogP contribution in [0.25, 0.3) is 0 Å². The van der Waals surface area contributed by atoms with Crippen molar-refractivity contribution in [3.63, 3.8) is 0 Å². The van der Waals surface area contributed by atoms with Gasteiger partial charge in [-0.05, 0) is 12.5 Å². The number of ketones is 1. The number of nitrogens with one attached hydrogen (secondary N) is 1. The number of carbonyl (C=O) groups excluding carboxylic acids is 2. The molecule has 16 heavy (non-hydrogen) atoms. The highest BCUT2D eigenvalue weighted by atomic mass is 31.0. The van der Waals surface area contributed by atoms with Crippen molar-refractivity contribution in [3.05, 3.63) is 35.9 Å². The van der Waals surface area contributed by atoms with E-state index in [2.05, 4.69) is 14.6 Å². The minimum atomic E-state index is -0.119. The van der Waals surface area contributed by atoms with Gasteiger partial charge in [0, 0.05) is 0 Å². The molecule has 0 aromatic heterocycles. The van der Waals surface area contributed by atoms with Crippen molar-refractivity contribution in [2.45, 2.75) is 13.3 Å². The van der Waals surface area contributed by atoms with Crippen LogP contribution in [-0.4, -0.2) is 24.9 Å². The predicted molar refractivity (Wildman–Crippen MR) is 69.5 cm³/mol. The van der Waals surface area contributed by atoms with Gasteiger partial charge in [0.25, 0.3) is 0 Å². The first-order valence-corrected chi connectivity index (χ1v) is 6.22. The van der Waals surface area contributed by atoms with Crippen LogP contribution in [0.1, 0.15) is 12.5 Å². The van der Waals surface area contributed by atoms with Gasteiger partial charge in [0.1, 0.15) is 5.78 Å². The van der Waals surface area contributed by atoms with Crippen LogP contribution in [0.15, 0.2) is 30.3 Å². The van der Waals surface area contributed by atoms with E-state index in [1.54, 1.807) is 0 Å². The molecule has 0 fully saturated rings. The molecule has 0 bridgehead atoms. The van der Waals surface area contributed by atoms with Crippen LogP contribution in [0.5, 0.6) is 0 Å². The quantitative estimate of drug-likeness (QED) is 0.808. The smallest absolute Gasteiger partial charge is 0.224 e. The van der Waals surface area contributed by atoms with Gasteiger partial charge < -0.3 is 5.32 Å². The van der Waals surface area contributed by atoms with Crippen molar-refractivity contribution in [1.82, 2.24) is 5.32 Å². The molecule has 0 aliphatic rings. The van der Waals surface area contributed by atoms with Crippen molar-refractivity contribution in [3.8, 4) is 0 Å². The molecule has 0 heterocycles.